The van der Waals surface area contributed by atoms with Gasteiger partial charge in [0.05, 0.1) is 5.54 Å². The van der Waals surface area contributed by atoms with E-state index in [1.807, 2.05) is 6.92 Å². The minimum Gasteiger partial charge on any atom is -0.345 e. The second-order valence-electron chi connectivity index (χ2n) is 5.10. The summed E-state index contributed by atoms with van der Waals surface area (Å²) in [5.74, 6) is -0.0449. The van der Waals surface area contributed by atoms with Gasteiger partial charge in [-0.3, -0.25) is 4.79 Å². The van der Waals surface area contributed by atoms with Crippen LogP contribution in [0.15, 0.2) is 18.2 Å². The first-order valence-electron chi connectivity index (χ1n) is 6.35. The molecule has 1 aromatic carbocycles. The van der Waals surface area contributed by atoms with Crippen LogP contribution >= 0.6 is 24.0 Å². The Kier molecular flexibility index (Phi) is 5.65. The lowest BCUT2D eigenvalue weighted by Gasteiger charge is -2.29. The molecule has 0 aliphatic heterocycles. The number of amides is 1. The van der Waals surface area contributed by atoms with Gasteiger partial charge in [-0.05, 0) is 43.5 Å². The lowest BCUT2D eigenvalue weighted by Crippen LogP contribution is -2.51. The van der Waals surface area contributed by atoms with Crippen molar-refractivity contribution in [2.75, 3.05) is 6.54 Å². The molecule has 1 aliphatic rings. The molecular formula is C14H20Cl2N2O. The molecule has 1 aromatic rings. The molecule has 0 bridgehead atoms. The van der Waals surface area contributed by atoms with Crippen molar-refractivity contribution in [2.45, 2.75) is 38.1 Å². The van der Waals surface area contributed by atoms with E-state index in [-0.39, 0.29) is 23.9 Å². The second kappa shape index (κ2) is 6.60. The molecule has 0 unspecified atom stereocenters. The molecule has 1 aliphatic carbocycles. The van der Waals surface area contributed by atoms with Crippen molar-refractivity contribution in [1.82, 2.24) is 5.32 Å². The standard InChI is InChI=1S/C14H19ClN2O.ClH/c1-10-8-11(15)4-5-12(10)13(18)17-14(9-16)6-2-3-7-14;/h4-5,8H,2-3,6-7,9,16H2,1H3,(H,17,18);1H. The maximum Gasteiger partial charge on any atom is 0.252 e. The molecule has 2 rings (SSSR count). The summed E-state index contributed by atoms with van der Waals surface area (Å²) in [5.41, 5.74) is 7.19. The largest absolute Gasteiger partial charge is 0.345 e. The van der Waals surface area contributed by atoms with Crippen LogP contribution in [0.4, 0.5) is 0 Å². The van der Waals surface area contributed by atoms with Crippen LogP contribution in [0.5, 0.6) is 0 Å². The summed E-state index contributed by atoms with van der Waals surface area (Å²) < 4.78 is 0. The Balaban J connectivity index is 0.00000180. The number of nitrogens with two attached hydrogens (primary N) is 1. The zero-order chi connectivity index (χ0) is 13.2. The summed E-state index contributed by atoms with van der Waals surface area (Å²) in [7, 11) is 0. The average molecular weight is 303 g/mol. The predicted octanol–water partition coefficient (Wildman–Crippen LogP) is 3.07. The first kappa shape index (κ1) is 16.3. The van der Waals surface area contributed by atoms with Crippen molar-refractivity contribution >= 4 is 29.9 Å². The summed E-state index contributed by atoms with van der Waals surface area (Å²) in [6.07, 6.45) is 4.22. The van der Waals surface area contributed by atoms with Crippen LogP contribution in [0.2, 0.25) is 5.02 Å². The van der Waals surface area contributed by atoms with Crippen molar-refractivity contribution in [1.29, 1.82) is 0 Å². The molecule has 1 saturated carbocycles. The number of hydrogen-bond acceptors (Lipinski definition) is 2. The molecule has 1 amide bonds. The van der Waals surface area contributed by atoms with Gasteiger partial charge in [0.25, 0.3) is 5.91 Å². The smallest absolute Gasteiger partial charge is 0.252 e. The molecule has 1 fully saturated rings. The van der Waals surface area contributed by atoms with E-state index in [0.29, 0.717) is 17.1 Å². The van der Waals surface area contributed by atoms with Gasteiger partial charge in [-0.15, -0.1) is 12.4 Å². The molecule has 3 nitrogen and oxygen atoms in total. The molecule has 0 spiro atoms. The van der Waals surface area contributed by atoms with E-state index >= 15 is 0 Å². The Hall–Kier alpha value is -0.770. The maximum absolute atomic E-state index is 12.3. The van der Waals surface area contributed by atoms with E-state index in [1.54, 1.807) is 18.2 Å². The number of rotatable bonds is 3. The zero-order valence-electron chi connectivity index (χ0n) is 11.0. The molecule has 19 heavy (non-hydrogen) atoms. The Morgan fingerprint density at radius 2 is 2.05 bits per heavy atom. The first-order chi connectivity index (χ1) is 8.56. The summed E-state index contributed by atoms with van der Waals surface area (Å²) in [6.45, 7) is 2.40. The Morgan fingerprint density at radius 3 is 2.58 bits per heavy atom. The van der Waals surface area contributed by atoms with Gasteiger partial charge in [-0.25, -0.2) is 0 Å². The van der Waals surface area contributed by atoms with Crippen LogP contribution in [0, 0.1) is 6.92 Å². The predicted molar refractivity (Wildman–Crippen MR) is 81.2 cm³/mol. The molecule has 0 heterocycles. The Bertz CT molecular complexity index is 457. The van der Waals surface area contributed by atoms with Crippen LogP contribution < -0.4 is 11.1 Å². The van der Waals surface area contributed by atoms with E-state index in [1.165, 1.54) is 0 Å². The number of nitrogens with one attached hydrogen (secondary N) is 1. The molecule has 106 valence electrons. The Labute approximate surface area is 125 Å². The SMILES string of the molecule is Cc1cc(Cl)ccc1C(=O)NC1(CN)CCCC1.Cl. The van der Waals surface area contributed by atoms with Gasteiger partial charge in [0.15, 0.2) is 0 Å². The van der Waals surface area contributed by atoms with Gasteiger partial charge in [0.1, 0.15) is 0 Å². The van der Waals surface area contributed by atoms with Gasteiger partial charge in [0, 0.05) is 17.1 Å². The van der Waals surface area contributed by atoms with Crippen molar-refractivity contribution in [3.05, 3.63) is 34.3 Å². The van der Waals surface area contributed by atoms with Gasteiger partial charge in [-0.2, -0.15) is 0 Å². The highest BCUT2D eigenvalue weighted by Gasteiger charge is 2.34. The highest BCUT2D eigenvalue weighted by atomic mass is 35.5. The third-order valence-electron chi connectivity index (χ3n) is 3.76. The van der Waals surface area contributed by atoms with Crippen LogP contribution in [-0.4, -0.2) is 18.0 Å². The number of carbonyl (C=O) groups is 1. The summed E-state index contributed by atoms with van der Waals surface area (Å²) in [5, 5.41) is 3.76. The van der Waals surface area contributed by atoms with Gasteiger partial charge < -0.3 is 11.1 Å². The summed E-state index contributed by atoms with van der Waals surface area (Å²) in [4.78, 5) is 12.3. The van der Waals surface area contributed by atoms with Gasteiger partial charge in [0.2, 0.25) is 0 Å². The van der Waals surface area contributed by atoms with E-state index in [9.17, 15) is 4.79 Å². The van der Waals surface area contributed by atoms with Crippen LogP contribution in [0.3, 0.4) is 0 Å². The zero-order valence-corrected chi connectivity index (χ0v) is 12.6. The average Bonchev–Trinajstić information content (AvgIpc) is 2.78. The monoisotopic (exact) mass is 302 g/mol. The lowest BCUT2D eigenvalue weighted by molar-refractivity contribution is 0.0902. The van der Waals surface area contributed by atoms with Crippen molar-refractivity contribution < 1.29 is 4.79 Å². The quantitative estimate of drug-likeness (QED) is 0.901. The number of aryl methyl sites for hydroxylation is 1. The summed E-state index contributed by atoms with van der Waals surface area (Å²) >= 11 is 5.89. The maximum atomic E-state index is 12.3. The number of benzene rings is 1. The first-order valence-corrected chi connectivity index (χ1v) is 6.73. The van der Waals surface area contributed by atoms with E-state index in [2.05, 4.69) is 5.32 Å². The normalized spacial score (nSPS) is 16.8. The molecule has 0 saturated heterocycles. The summed E-state index contributed by atoms with van der Waals surface area (Å²) in [6, 6.07) is 5.32. The topological polar surface area (TPSA) is 55.1 Å². The second-order valence-corrected chi connectivity index (χ2v) is 5.54. The Morgan fingerprint density at radius 1 is 1.42 bits per heavy atom. The molecule has 3 N–H and O–H groups in total. The minimum absolute atomic E-state index is 0. The van der Waals surface area contributed by atoms with Gasteiger partial charge in [-0.1, -0.05) is 24.4 Å². The van der Waals surface area contributed by atoms with Crippen molar-refractivity contribution in [2.24, 2.45) is 5.73 Å². The minimum atomic E-state index is -0.205. The van der Waals surface area contributed by atoms with Crippen LogP contribution in [-0.2, 0) is 0 Å². The number of hydrogen-bond donors (Lipinski definition) is 2. The third-order valence-corrected chi connectivity index (χ3v) is 4.00. The van der Waals surface area contributed by atoms with E-state index < -0.39 is 0 Å². The molecular weight excluding hydrogens is 283 g/mol. The molecule has 0 atom stereocenters. The fourth-order valence-corrected chi connectivity index (χ4v) is 2.85. The lowest BCUT2D eigenvalue weighted by atomic mass is 9.96. The fourth-order valence-electron chi connectivity index (χ4n) is 2.62. The fraction of sp³-hybridized carbons (Fsp3) is 0.500. The van der Waals surface area contributed by atoms with Crippen molar-refractivity contribution in [3.8, 4) is 0 Å². The van der Waals surface area contributed by atoms with E-state index in [0.717, 1.165) is 31.2 Å². The molecule has 0 aromatic heterocycles. The molecule has 0 radical (unpaired) electrons. The van der Waals surface area contributed by atoms with Crippen LogP contribution in [0.25, 0.3) is 0 Å². The highest BCUT2D eigenvalue weighted by Crippen LogP contribution is 2.29. The molecule has 5 heteroatoms. The van der Waals surface area contributed by atoms with Gasteiger partial charge >= 0.3 is 0 Å². The van der Waals surface area contributed by atoms with Crippen molar-refractivity contribution in [3.63, 3.8) is 0 Å². The number of halogens is 2. The van der Waals surface area contributed by atoms with Crippen LogP contribution in [0.1, 0.15) is 41.6 Å². The number of carbonyl (C=O) groups excluding carboxylic acids is 1. The van der Waals surface area contributed by atoms with E-state index in [4.69, 9.17) is 17.3 Å². The highest BCUT2D eigenvalue weighted by molar-refractivity contribution is 6.30. The third kappa shape index (κ3) is 3.62.